The van der Waals surface area contributed by atoms with E-state index in [1.807, 2.05) is 32.9 Å². The first-order valence-corrected chi connectivity index (χ1v) is 13.1. The molecule has 0 aliphatic carbocycles. The van der Waals surface area contributed by atoms with Gasteiger partial charge in [-0.05, 0) is 57.6 Å². The first-order valence-electron chi connectivity index (χ1n) is 10.9. The molecule has 1 aromatic carbocycles. The molecule has 2 heterocycles. The van der Waals surface area contributed by atoms with Crippen LogP contribution in [0.4, 0.5) is 5.13 Å². The van der Waals surface area contributed by atoms with Crippen molar-refractivity contribution in [3.63, 3.8) is 0 Å². The fourth-order valence-electron chi connectivity index (χ4n) is 4.36. The van der Waals surface area contributed by atoms with Gasteiger partial charge in [-0.2, -0.15) is 4.31 Å². The van der Waals surface area contributed by atoms with Crippen LogP contribution in [0.5, 0.6) is 0 Å². The van der Waals surface area contributed by atoms with Crippen molar-refractivity contribution in [3.8, 4) is 0 Å². The quantitative estimate of drug-likeness (QED) is 0.655. The van der Waals surface area contributed by atoms with E-state index in [1.165, 1.54) is 15.6 Å². The van der Waals surface area contributed by atoms with Crippen molar-refractivity contribution in [2.45, 2.75) is 71.1 Å². The largest absolute Gasteiger partial charge is 0.300 e. The molecule has 1 aliphatic heterocycles. The predicted molar refractivity (Wildman–Crippen MR) is 124 cm³/mol. The smallest absolute Gasteiger partial charge is 0.243 e. The van der Waals surface area contributed by atoms with Gasteiger partial charge in [0.15, 0.2) is 0 Å². The number of nitrogens with zero attached hydrogens (tertiary/aromatic N) is 3. The molecule has 1 N–H and O–H groups in total. The summed E-state index contributed by atoms with van der Waals surface area (Å²) in [6.45, 7) is 10.6. The summed E-state index contributed by atoms with van der Waals surface area (Å²) in [6, 6.07) is 3.80. The molecule has 7 nitrogen and oxygen atoms in total. The Morgan fingerprint density at radius 1 is 1.13 bits per heavy atom. The third-order valence-electron chi connectivity index (χ3n) is 6.03. The second-order valence-electron chi connectivity index (χ2n) is 8.35. The normalized spacial score (nSPS) is 16.1. The zero-order chi connectivity index (χ0) is 22.8. The van der Waals surface area contributed by atoms with E-state index in [4.69, 9.17) is 0 Å². The minimum absolute atomic E-state index is 0.105. The lowest BCUT2D eigenvalue weighted by atomic mass is 9.97. The molecule has 2 aromatic rings. The molecule has 1 saturated heterocycles. The maximum Gasteiger partial charge on any atom is 0.243 e. The SMILES string of the molecule is CCC(CC)c1nnc(NC(=O)C2CCN(S(=O)(=O)c3c(C)cc(C)cc3C)CC2)s1. The van der Waals surface area contributed by atoms with Crippen LogP contribution in [0.2, 0.25) is 0 Å². The summed E-state index contributed by atoms with van der Waals surface area (Å²) in [5.74, 6) is 0.0319. The number of amides is 1. The standard InChI is InChI=1S/C22H32N4O3S2/c1-6-17(7-2)21-24-25-22(30-21)23-20(27)18-8-10-26(11-9-18)31(28,29)19-15(4)12-14(3)13-16(19)5/h12-13,17-18H,6-11H2,1-5H3,(H,23,25,27). The van der Waals surface area contributed by atoms with Crippen molar-refractivity contribution < 1.29 is 13.2 Å². The van der Waals surface area contributed by atoms with Crippen LogP contribution in [0, 0.1) is 26.7 Å². The molecule has 1 fully saturated rings. The van der Waals surface area contributed by atoms with Gasteiger partial charge < -0.3 is 5.32 Å². The van der Waals surface area contributed by atoms with Crippen LogP contribution in [0.25, 0.3) is 0 Å². The van der Waals surface area contributed by atoms with Crippen LogP contribution in [0.15, 0.2) is 17.0 Å². The molecule has 9 heteroatoms. The van der Waals surface area contributed by atoms with Gasteiger partial charge in [-0.3, -0.25) is 4.79 Å². The van der Waals surface area contributed by atoms with Gasteiger partial charge in [-0.15, -0.1) is 10.2 Å². The Hall–Kier alpha value is -1.84. The van der Waals surface area contributed by atoms with Gasteiger partial charge >= 0.3 is 0 Å². The number of hydrogen-bond acceptors (Lipinski definition) is 6. The number of anilines is 1. The van der Waals surface area contributed by atoms with E-state index in [0.717, 1.165) is 34.5 Å². The van der Waals surface area contributed by atoms with E-state index >= 15 is 0 Å². The number of carbonyl (C=O) groups excluding carboxylic acids is 1. The summed E-state index contributed by atoms with van der Waals surface area (Å²) in [6.07, 6.45) is 2.97. The van der Waals surface area contributed by atoms with Crippen LogP contribution in [0.1, 0.15) is 67.1 Å². The predicted octanol–water partition coefficient (Wildman–Crippen LogP) is 4.41. The zero-order valence-corrected chi connectivity index (χ0v) is 20.6. The molecule has 0 unspecified atom stereocenters. The van der Waals surface area contributed by atoms with Gasteiger partial charge in [0.25, 0.3) is 0 Å². The molecule has 31 heavy (non-hydrogen) atoms. The van der Waals surface area contributed by atoms with E-state index < -0.39 is 10.0 Å². The second kappa shape index (κ2) is 9.75. The Morgan fingerprint density at radius 2 is 1.71 bits per heavy atom. The number of sulfonamides is 1. The molecular weight excluding hydrogens is 432 g/mol. The lowest BCUT2D eigenvalue weighted by molar-refractivity contribution is -0.120. The molecule has 0 bridgehead atoms. The van der Waals surface area contributed by atoms with Crippen molar-refractivity contribution in [1.29, 1.82) is 0 Å². The molecule has 0 spiro atoms. The van der Waals surface area contributed by atoms with E-state index in [0.29, 0.717) is 41.9 Å². The van der Waals surface area contributed by atoms with E-state index in [1.54, 1.807) is 0 Å². The number of aryl methyl sites for hydroxylation is 3. The summed E-state index contributed by atoms with van der Waals surface area (Å²) < 4.78 is 28.0. The lowest BCUT2D eigenvalue weighted by Crippen LogP contribution is -2.41. The summed E-state index contributed by atoms with van der Waals surface area (Å²) in [5.41, 5.74) is 2.58. The summed E-state index contributed by atoms with van der Waals surface area (Å²) >= 11 is 1.43. The van der Waals surface area contributed by atoms with Crippen LogP contribution in [-0.2, 0) is 14.8 Å². The van der Waals surface area contributed by atoms with Crippen molar-refractivity contribution in [1.82, 2.24) is 14.5 Å². The monoisotopic (exact) mass is 464 g/mol. The molecular formula is C22H32N4O3S2. The lowest BCUT2D eigenvalue weighted by Gasteiger charge is -2.31. The fraction of sp³-hybridized carbons (Fsp3) is 0.591. The van der Waals surface area contributed by atoms with Crippen molar-refractivity contribution in [2.24, 2.45) is 5.92 Å². The van der Waals surface area contributed by atoms with Gasteiger partial charge in [-0.25, -0.2) is 8.42 Å². The molecule has 170 valence electrons. The number of carbonyl (C=O) groups is 1. The van der Waals surface area contributed by atoms with Crippen LogP contribution in [0.3, 0.4) is 0 Å². The minimum atomic E-state index is -3.58. The second-order valence-corrected chi connectivity index (χ2v) is 11.2. The Labute approximate surface area is 189 Å². The van der Waals surface area contributed by atoms with Crippen LogP contribution < -0.4 is 5.32 Å². The average Bonchev–Trinajstić information content (AvgIpc) is 3.16. The van der Waals surface area contributed by atoms with Gasteiger partial charge in [-0.1, -0.05) is 42.9 Å². The number of hydrogen-bond donors (Lipinski definition) is 1. The topological polar surface area (TPSA) is 92.3 Å². The Morgan fingerprint density at radius 3 is 2.26 bits per heavy atom. The molecule has 3 rings (SSSR count). The minimum Gasteiger partial charge on any atom is -0.300 e. The van der Waals surface area contributed by atoms with Gasteiger partial charge in [0.1, 0.15) is 5.01 Å². The number of aromatic nitrogens is 2. The maximum atomic E-state index is 13.2. The van der Waals surface area contributed by atoms with Crippen molar-refractivity contribution in [3.05, 3.63) is 33.8 Å². The average molecular weight is 465 g/mol. The third kappa shape index (κ3) is 5.15. The van der Waals surface area contributed by atoms with Gasteiger partial charge in [0, 0.05) is 24.9 Å². The number of benzene rings is 1. The molecule has 0 atom stereocenters. The van der Waals surface area contributed by atoms with Crippen LogP contribution in [-0.4, -0.2) is 41.9 Å². The number of rotatable bonds is 7. The molecule has 1 amide bonds. The molecule has 0 radical (unpaired) electrons. The van der Waals surface area contributed by atoms with Gasteiger partial charge in [0.2, 0.25) is 21.1 Å². The van der Waals surface area contributed by atoms with E-state index in [9.17, 15) is 13.2 Å². The third-order valence-corrected chi connectivity index (χ3v) is 9.24. The highest BCUT2D eigenvalue weighted by molar-refractivity contribution is 7.89. The highest BCUT2D eigenvalue weighted by atomic mass is 32.2. The first kappa shape index (κ1) is 23.8. The number of nitrogens with one attached hydrogen (secondary N) is 1. The fourth-order valence-corrected chi connectivity index (χ4v) is 7.25. The highest BCUT2D eigenvalue weighted by Gasteiger charge is 2.34. The highest BCUT2D eigenvalue weighted by Crippen LogP contribution is 2.31. The molecule has 1 aliphatic rings. The van der Waals surface area contributed by atoms with Crippen molar-refractivity contribution in [2.75, 3.05) is 18.4 Å². The Bertz CT molecular complexity index is 1010. The molecule has 1 aromatic heterocycles. The molecule has 0 saturated carbocycles. The summed E-state index contributed by atoms with van der Waals surface area (Å²) in [4.78, 5) is 13.1. The zero-order valence-electron chi connectivity index (χ0n) is 18.9. The van der Waals surface area contributed by atoms with Crippen molar-refractivity contribution >= 4 is 32.4 Å². The summed E-state index contributed by atoms with van der Waals surface area (Å²) in [7, 11) is -3.58. The number of piperidine rings is 1. The van der Waals surface area contributed by atoms with E-state index in [2.05, 4.69) is 29.4 Å². The first-order chi connectivity index (χ1) is 14.7. The van der Waals surface area contributed by atoms with E-state index in [-0.39, 0.29) is 11.8 Å². The van der Waals surface area contributed by atoms with Gasteiger partial charge in [0.05, 0.1) is 4.90 Å². The van der Waals surface area contributed by atoms with Crippen LogP contribution >= 0.6 is 11.3 Å². The Kier molecular flexibility index (Phi) is 7.49. The summed E-state index contributed by atoms with van der Waals surface area (Å²) in [5, 5.41) is 12.7. The maximum absolute atomic E-state index is 13.2. The Balaban J connectivity index is 1.63.